The Kier molecular flexibility index (Phi) is 6.27. The maximum atomic E-state index is 13.8. The number of hydrogen-bond acceptors (Lipinski definition) is 4. The first kappa shape index (κ1) is 23.4. The molecule has 0 saturated carbocycles. The lowest BCUT2D eigenvalue weighted by atomic mass is 9.97. The van der Waals surface area contributed by atoms with Crippen molar-refractivity contribution in [1.82, 2.24) is 25.0 Å². The number of hydrogen-bond donors (Lipinski definition) is 2. The highest BCUT2D eigenvalue weighted by Gasteiger charge is 2.32. The average molecular weight is 538 g/mol. The molecule has 0 unspecified atom stereocenters. The number of amides is 3. The van der Waals surface area contributed by atoms with Crippen molar-refractivity contribution in [3.8, 4) is 0 Å². The van der Waals surface area contributed by atoms with Crippen LogP contribution in [0.25, 0.3) is 10.9 Å². The molecule has 0 spiro atoms. The predicted octanol–water partition coefficient (Wildman–Crippen LogP) is 2.48. The molecule has 3 amide bonds. The number of benzene rings is 1. The number of nitrogens with one attached hydrogen (secondary N) is 2. The summed E-state index contributed by atoms with van der Waals surface area (Å²) in [5.74, 6) is -0.284. The van der Waals surface area contributed by atoms with Gasteiger partial charge in [0, 0.05) is 53.8 Å². The van der Waals surface area contributed by atoms with Crippen molar-refractivity contribution in [2.45, 2.75) is 25.9 Å². The molecule has 1 saturated heterocycles. The van der Waals surface area contributed by atoms with Gasteiger partial charge in [0.15, 0.2) is 0 Å². The number of dihydropyridines is 1. The summed E-state index contributed by atoms with van der Waals surface area (Å²) in [6.45, 7) is 8.58. The van der Waals surface area contributed by atoms with Crippen molar-refractivity contribution in [3.05, 3.63) is 70.0 Å². The topological polar surface area (TPSA) is 86.7 Å². The van der Waals surface area contributed by atoms with E-state index in [1.54, 1.807) is 4.90 Å². The van der Waals surface area contributed by atoms with Gasteiger partial charge < -0.3 is 25.0 Å². The number of carbonyl (C=O) groups is 3. The molecular formula is C26H28BrN5O3. The number of rotatable bonds is 5. The third-order valence-electron chi connectivity index (χ3n) is 7.04. The molecule has 3 aliphatic rings. The summed E-state index contributed by atoms with van der Waals surface area (Å²) in [6.07, 6.45) is 6.13. The van der Waals surface area contributed by atoms with Gasteiger partial charge in [-0.25, -0.2) is 0 Å². The highest BCUT2D eigenvalue weighted by atomic mass is 79.9. The lowest BCUT2D eigenvalue weighted by Crippen LogP contribution is -2.61. The fraction of sp³-hybridized carbons (Fsp3) is 0.346. The van der Waals surface area contributed by atoms with E-state index >= 15 is 0 Å². The van der Waals surface area contributed by atoms with Crippen molar-refractivity contribution >= 4 is 44.6 Å². The molecule has 1 aromatic heterocycles. The largest absolute Gasteiger partial charge is 0.387 e. The zero-order chi connectivity index (χ0) is 24.7. The third kappa shape index (κ3) is 4.40. The summed E-state index contributed by atoms with van der Waals surface area (Å²) in [5, 5.41) is 7.07. The van der Waals surface area contributed by atoms with Crippen LogP contribution in [0.5, 0.6) is 0 Å². The first-order chi connectivity index (χ1) is 16.9. The predicted molar refractivity (Wildman–Crippen MR) is 138 cm³/mol. The zero-order valence-electron chi connectivity index (χ0n) is 19.6. The van der Waals surface area contributed by atoms with Gasteiger partial charge in [-0.15, -0.1) is 0 Å². The summed E-state index contributed by atoms with van der Waals surface area (Å²) >= 11 is 3.54. The van der Waals surface area contributed by atoms with Gasteiger partial charge in [0.2, 0.25) is 11.8 Å². The minimum Gasteiger partial charge on any atom is -0.387 e. The molecular weight excluding hydrogens is 510 g/mol. The smallest absolute Gasteiger partial charge is 0.256 e. The molecule has 182 valence electrons. The molecule has 3 aliphatic heterocycles. The van der Waals surface area contributed by atoms with E-state index in [2.05, 4.69) is 39.2 Å². The molecule has 2 N–H and O–H groups in total. The maximum Gasteiger partial charge on any atom is 0.256 e. The molecule has 0 radical (unpaired) electrons. The minimum atomic E-state index is -0.143. The van der Waals surface area contributed by atoms with Crippen LogP contribution in [0.15, 0.2) is 58.7 Å². The van der Waals surface area contributed by atoms with Crippen LogP contribution in [-0.4, -0.2) is 70.9 Å². The molecule has 35 heavy (non-hydrogen) atoms. The molecule has 0 bridgehead atoms. The zero-order valence-corrected chi connectivity index (χ0v) is 21.2. The molecule has 5 rings (SSSR count). The van der Waals surface area contributed by atoms with E-state index in [9.17, 15) is 14.4 Å². The van der Waals surface area contributed by atoms with Crippen molar-refractivity contribution in [2.75, 3.05) is 32.7 Å². The van der Waals surface area contributed by atoms with Crippen LogP contribution in [0.1, 0.15) is 22.5 Å². The van der Waals surface area contributed by atoms with Gasteiger partial charge in [-0.2, -0.15) is 0 Å². The van der Waals surface area contributed by atoms with Crippen molar-refractivity contribution in [1.29, 1.82) is 0 Å². The molecule has 0 aliphatic carbocycles. The first-order valence-corrected chi connectivity index (χ1v) is 12.5. The van der Waals surface area contributed by atoms with Crippen LogP contribution in [0, 0.1) is 6.92 Å². The number of nitrogens with zero attached hydrogens (tertiary/aromatic N) is 3. The van der Waals surface area contributed by atoms with E-state index < -0.39 is 0 Å². The monoisotopic (exact) mass is 537 g/mol. The van der Waals surface area contributed by atoms with Crippen LogP contribution < -0.4 is 10.6 Å². The van der Waals surface area contributed by atoms with Gasteiger partial charge in [-0.3, -0.25) is 14.4 Å². The quantitative estimate of drug-likeness (QED) is 0.573. The summed E-state index contributed by atoms with van der Waals surface area (Å²) < 4.78 is 2.79. The highest BCUT2D eigenvalue weighted by Crippen LogP contribution is 2.31. The van der Waals surface area contributed by atoms with Crippen molar-refractivity contribution in [3.63, 3.8) is 0 Å². The molecule has 0 atom stereocenters. The molecule has 1 aromatic carbocycles. The Balaban J connectivity index is 1.38. The summed E-state index contributed by atoms with van der Waals surface area (Å²) in [4.78, 5) is 41.8. The van der Waals surface area contributed by atoms with Crippen LogP contribution in [0.3, 0.4) is 0 Å². The molecule has 2 aromatic rings. The SMILES string of the molecule is C=CC(=O)N1CC(NC(=O)Cn2c(C)c(C(=O)N3CCC4=C(C=CNC4)C3)c3cc(Br)ccc32)C1. The Hall–Kier alpha value is -3.33. The minimum absolute atomic E-state index is 0.0131. The van der Waals surface area contributed by atoms with Gasteiger partial charge in [0.25, 0.3) is 5.91 Å². The van der Waals surface area contributed by atoms with E-state index in [4.69, 9.17) is 0 Å². The Bertz CT molecular complexity index is 1300. The van der Waals surface area contributed by atoms with Gasteiger partial charge in [-0.1, -0.05) is 22.5 Å². The summed E-state index contributed by atoms with van der Waals surface area (Å²) in [7, 11) is 0. The molecule has 1 fully saturated rings. The Morgan fingerprint density at radius 3 is 2.83 bits per heavy atom. The van der Waals surface area contributed by atoms with Crippen LogP contribution in [0.2, 0.25) is 0 Å². The van der Waals surface area contributed by atoms with Gasteiger partial charge in [-0.05, 0) is 61.0 Å². The van der Waals surface area contributed by atoms with E-state index in [1.807, 2.05) is 40.8 Å². The normalized spacial score (nSPS) is 17.7. The Morgan fingerprint density at radius 1 is 1.26 bits per heavy atom. The molecule has 9 heteroatoms. The summed E-state index contributed by atoms with van der Waals surface area (Å²) in [5.41, 5.74) is 4.83. The standard InChI is InChI=1S/C26H28BrN5O3/c1-3-24(34)31-13-20(14-31)29-23(33)15-32-16(2)25(21-10-19(27)4-5-22(21)32)26(35)30-9-7-17-11-28-8-6-18(17)12-30/h3-6,8,10,20,28H,1,7,9,11-15H2,2H3,(H,29,33). The number of fused-ring (bicyclic) bond motifs is 1. The van der Waals surface area contributed by atoms with Gasteiger partial charge in [0.05, 0.1) is 11.6 Å². The molecule has 8 nitrogen and oxygen atoms in total. The number of likely N-dealkylation sites (tertiary alicyclic amines) is 1. The van der Waals surface area contributed by atoms with E-state index in [0.717, 1.165) is 34.0 Å². The number of halogens is 1. The van der Waals surface area contributed by atoms with Crippen LogP contribution in [0.4, 0.5) is 0 Å². The van der Waals surface area contributed by atoms with Crippen molar-refractivity contribution < 1.29 is 14.4 Å². The average Bonchev–Trinajstić information content (AvgIpc) is 3.10. The molecule has 4 heterocycles. The Morgan fingerprint density at radius 2 is 2.06 bits per heavy atom. The first-order valence-electron chi connectivity index (χ1n) is 11.7. The Labute approximate surface area is 212 Å². The second kappa shape index (κ2) is 9.37. The van der Waals surface area contributed by atoms with Crippen LogP contribution >= 0.6 is 15.9 Å². The second-order valence-corrected chi connectivity index (χ2v) is 10.2. The lowest BCUT2D eigenvalue weighted by molar-refractivity contribution is -0.133. The van der Waals surface area contributed by atoms with E-state index in [-0.39, 0.29) is 30.3 Å². The second-order valence-electron chi connectivity index (χ2n) is 9.24. The van der Waals surface area contributed by atoms with Gasteiger partial charge in [0.1, 0.15) is 6.54 Å². The van der Waals surface area contributed by atoms with Crippen molar-refractivity contribution in [2.24, 2.45) is 0 Å². The van der Waals surface area contributed by atoms with E-state index in [1.165, 1.54) is 17.2 Å². The lowest BCUT2D eigenvalue weighted by Gasteiger charge is -2.38. The highest BCUT2D eigenvalue weighted by molar-refractivity contribution is 9.10. The fourth-order valence-electron chi connectivity index (χ4n) is 5.10. The van der Waals surface area contributed by atoms with E-state index in [0.29, 0.717) is 31.7 Å². The van der Waals surface area contributed by atoms with Crippen LogP contribution in [-0.2, 0) is 16.1 Å². The van der Waals surface area contributed by atoms with Gasteiger partial charge >= 0.3 is 0 Å². The number of aromatic nitrogens is 1. The number of carbonyl (C=O) groups excluding carboxylic acids is 3. The summed E-state index contributed by atoms with van der Waals surface area (Å²) in [6, 6.07) is 5.75. The third-order valence-corrected chi connectivity index (χ3v) is 7.53. The fourth-order valence-corrected chi connectivity index (χ4v) is 5.46. The maximum absolute atomic E-state index is 13.8.